The predicted octanol–water partition coefficient (Wildman–Crippen LogP) is 3.23. The second kappa shape index (κ2) is 8.77. The van der Waals surface area contributed by atoms with Crippen molar-refractivity contribution in [3.63, 3.8) is 0 Å². The number of carbonyl (C=O) groups excluding carboxylic acids is 2. The number of nitrogens with zero attached hydrogens (tertiary/aromatic N) is 1. The van der Waals surface area contributed by atoms with Gasteiger partial charge in [-0.1, -0.05) is 24.6 Å². The minimum Gasteiger partial charge on any atom is -0.480 e. The lowest BCUT2D eigenvalue weighted by molar-refractivity contribution is -0.159. The van der Waals surface area contributed by atoms with Crippen LogP contribution in [0.1, 0.15) is 79.1 Å². The molecule has 0 aromatic carbocycles. The van der Waals surface area contributed by atoms with Gasteiger partial charge in [0.2, 0.25) is 0 Å². The van der Waals surface area contributed by atoms with Crippen molar-refractivity contribution in [2.45, 2.75) is 90.7 Å². The van der Waals surface area contributed by atoms with Crippen molar-refractivity contribution in [1.82, 2.24) is 5.32 Å². The van der Waals surface area contributed by atoms with E-state index in [9.17, 15) is 19.5 Å². The summed E-state index contributed by atoms with van der Waals surface area (Å²) in [5.74, 6) is -0.264. The molecule has 0 radical (unpaired) electrons. The lowest BCUT2D eigenvalue weighted by Gasteiger charge is -2.59. The lowest BCUT2D eigenvalue weighted by Crippen LogP contribution is -2.57. The zero-order chi connectivity index (χ0) is 24.9. The normalized spacial score (nSPS) is 40.9. The van der Waals surface area contributed by atoms with Crippen LogP contribution in [0.15, 0.2) is 16.8 Å². The first kappa shape index (κ1) is 24.9. The van der Waals surface area contributed by atoms with Gasteiger partial charge in [0.15, 0.2) is 12.4 Å². The number of fused-ring (bicyclic) bond motifs is 5. The summed E-state index contributed by atoms with van der Waals surface area (Å²) in [5.41, 5.74) is 0.768. The number of carboxylic acid groups (broad SMARTS) is 1. The molecular weight excluding hydrogens is 436 g/mol. The molecule has 4 aliphatic carbocycles. The van der Waals surface area contributed by atoms with Crippen LogP contribution in [0.5, 0.6) is 0 Å². The van der Waals surface area contributed by atoms with Gasteiger partial charge in [0, 0.05) is 5.41 Å². The second-order valence-corrected chi connectivity index (χ2v) is 11.4. The molecule has 4 aliphatic rings. The Hall–Kier alpha value is -2.22. The van der Waals surface area contributed by atoms with E-state index in [1.807, 2.05) is 0 Å². The number of aliphatic carboxylic acids is 1. The van der Waals surface area contributed by atoms with Crippen LogP contribution in [-0.4, -0.2) is 51.8 Å². The van der Waals surface area contributed by atoms with Gasteiger partial charge in [0.1, 0.15) is 11.6 Å². The van der Waals surface area contributed by atoms with Gasteiger partial charge in [-0.15, -0.1) is 0 Å². The summed E-state index contributed by atoms with van der Waals surface area (Å²) in [4.78, 5) is 40.3. The second-order valence-electron chi connectivity index (χ2n) is 11.4. The van der Waals surface area contributed by atoms with E-state index < -0.39 is 23.5 Å². The number of hydrogen-bond donors (Lipinski definition) is 3. The van der Waals surface area contributed by atoms with Crippen LogP contribution in [0, 0.1) is 28.6 Å². The van der Waals surface area contributed by atoms with Crippen molar-refractivity contribution < 1.29 is 29.4 Å². The number of rotatable bonds is 6. The number of Topliss-reactive ketones (excluding diaryl/α,β-unsaturated/α-hetero) is 1. The topological polar surface area (TPSA) is 125 Å². The van der Waals surface area contributed by atoms with E-state index in [0.717, 1.165) is 50.7 Å². The Balaban J connectivity index is 1.44. The van der Waals surface area contributed by atoms with Gasteiger partial charge in [-0.3, -0.25) is 14.4 Å². The Bertz CT molecular complexity index is 944. The summed E-state index contributed by atoms with van der Waals surface area (Å²) in [6, 6.07) is -0.972. The van der Waals surface area contributed by atoms with Crippen LogP contribution in [0.4, 0.5) is 0 Å². The highest BCUT2D eigenvalue weighted by atomic mass is 16.6. The Morgan fingerprint density at radius 1 is 1.15 bits per heavy atom. The van der Waals surface area contributed by atoms with Crippen molar-refractivity contribution in [2.75, 3.05) is 6.61 Å². The van der Waals surface area contributed by atoms with Crippen LogP contribution < -0.4 is 5.32 Å². The third kappa shape index (κ3) is 3.88. The number of amides is 1. The first-order valence-electron chi connectivity index (χ1n) is 12.6. The molecule has 3 fully saturated rings. The van der Waals surface area contributed by atoms with Crippen molar-refractivity contribution in [2.24, 2.45) is 33.7 Å². The molecule has 7 atom stereocenters. The molecule has 4 rings (SSSR count). The highest BCUT2D eigenvalue weighted by molar-refractivity contribution is 5.96. The summed E-state index contributed by atoms with van der Waals surface area (Å²) in [5, 5.41) is 26.7. The van der Waals surface area contributed by atoms with Gasteiger partial charge in [-0.05, 0) is 94.5 Å². The number of ketones is 1. The Kier molecular flexibility index (Phi) is 6.42. The summed E-state index contributed by atoms with van der Waals surface area (Å²) in [7, 11) is 0. The summed E-state index contributed by atoms with van der Waals surface area (Å²) < 4.78 is 0. The third-order valence-electron chi connectivity index (χ3n) is 9.84. The van der Waals surface area contributed by atoms with Crippen LogP contribution in [0.2, 0.25) is 0 Å². The zero-order valence-electron chi connectivity index (χ0n) is 20.7. The van der Waals surface area contributed by atoms with Crippen LogP contribution in [-0.2, 0) is 19.2 Å². The van der Waals surface area contributed by atoms with Gasteiger partial charge >= 0.3 is 5.97 Å². The van der Waals surface area contributed by atoms with E-state index in [2.05, 4.69) is 30.4 Å². The average Bonchev–Trinajstić information content (AvgIpc) is 3.06. The number of carboxylic acids is 1. The maximum absolute atomic E-state index is 12.4. The van der Waals surface area contributed by atoms with E-state index in [1.165, 1.54) is 12.5 Å². The van der Waals surface area contributed by atoms with Gasteiger partial charge in [-0.25, -0.2) is 0 Å². The fraction of sp³-hybridized carbons (Fsp3) is 0.769. The fourth-order valence-corrected chi connectivity index (χ4v) is 7.76. The molecule has 0 spiro atoms. The van der Waals surface area contributed by atoms with Gasteiger partial charge < -0.3 is 20.4 Å². The summed E-state index contributed by atoms with van der Waals surface area (Å²) >= 11 is 0. The van der Waals surface area contributed by atoms with Crippen molar-refractivity contribution in [3.8, 4) is 0 Å². The number of carbonyl (C=O) groups is 3. The highest BCUT2D eigenvalue weighted by Crippen LogP contribution is 2.67. The highest BCUT2D eigenvalue weighted by Gasteiger charge is 2.65. The molecule has 34 heavy (non-hydrogen) atoms. The van der Waals surface area contributed by atoms with E-state index in [4.69, 9.17) is 9.94 Å². The van der Waals surface area contributed by atoms with Gasteiger partial charge in [-0.2, -0.15) is 0 Å². The molecule has 8 nitrogen and oxygen atoms in total. The summed E-state index contributed by atoms with van der Waals surface area (Å²) in [6.07, 6.45) is 9.29. The standard InChI is InChI=1S/C26H38N2O6/c1-15(23(31)32)27-22(30)14-34-28-18-7-10-24(3)17(13-18)5-6-19-20(24)8-11-25(4)21(19)9-12-26(25,33)16(2)29/h13,15,19-21,33H,5-12,14H2,1-4H3,(H,27,30)(H,31,32)/b28-18-/t15-,19-,20+,21+,24+,25+,26+/m1/s1. The monoisotopic (exact) mass is 474 g/mol. The largest absolute Gasteiger partial charge is 0.480 e. The fourth-order valence-electron chi connectivity index (χ4n) is 7.76. The van der Waals surface area contributed by atoms with E-state index >= 15 is 0 Å². The molecule has 0 aliphatic heterocycles. The molecule has 0 aromatic rings. The molecule has 0 heterocycles. The maximum atomic E-state index is 12.4. The van der Waals surface area contributed by atoms with Crippen molar-refractivity contribution in [3.05, 3.63) is 11.6 Å². The first-order valence-corrected chi connectivity index (χ1v) is 12.6. The molecule has 1 amide bonds. The summed E-state index contributed by atoms with van der Waals surface area (Å²) in [6.45, 7) is 7.14. The minimum absolute atomic E-state index is 0.0779. The third-order valence-corrected chi connectivity index (χ3v) is 9.84. The quantitative estimate of drug-likeness (QED) is 0.508. The smallest absolute Gasteiger partial charge is 0.325 e. The minimum atomic E-state index is -1.18. The molecule has 0 unspecified atom stereocenters. The number of hydrogen-bond acceptors (Lipinski definition) is 6. The first-order chi connectivity index (χ1) is 15.9. The molecule has 0 bridgehead atoms. The number of aliphatic hydroxyl groups is 1. The maximum Gasteiger partial charge on any atom is 0.325 e. The molecule has 8 heteroatoms. The van der Waals surface area contributed by atoms with E-state index in [1.54, 1.807) is 6.92 Å². The van der Waals surface area contributed by atoms with Crippen LogP contribution in [0.3, 0.4) is 0 Å². The SMILES string of the molecule is CC(=O)[C@@]1(O)CC[C@H]2[C@@H]3CCC4=C/C(=N\OCC(=O)N[C@H](C)C(=O)O)CC[C@]4(C)[C@H]3CC[C@@]21C. The molecular formula is C26H38N2O6. The Labute approximate surface area is 201 Å². The molecule has 0 saturated heterocycles. The molecule has 3 saturated carbocycles. The Morgan fingerprint density at radius 2 is 1.85 bits per heavy atom. The molecule has 3 N–H and O–H groups in total. The number of oxime groups is 1. The van der Waals surface area contributed by atoms with Gasteiger partial charge in [0.05, 0.1) is 5.71 Å². The lowest BCUT2D eigenvalue weighted by atomic mass is 9.46. The number of nitrogens with one attached hydrogen (secondary N) is 1. The number of allylic oxidation sites excluding steroid dienone is 2. The Morgan fingerprint density at radius 3 is 2.53 bits per heavy atom. The van der Waals surface area contributed by atoms with Gasteiger partial charge in [0.25, 0.3) is 5.91 Å². The predicted molar refractivity (Wildman–Crippen MR) is 126 cm³/mol. The van der Waals surface area contributed by atoms with Crippen molar-refractivity contribution in [1.29, 1.82) is 0 Å². The van der Waals surface area contributed by atoms with E-state index in [0.29, 0.717) is 24.2 Å². The van der Waals surface area contributed by atoms with Crippen LogP contribution in [0.25, 0.3) is 0 Å². The molecule has 188 valence electrons. The van der Waals surface area contributed by atoms with Crippen LogP contribution >= 0.6 is 0 Å². The zero-order valence-corrected chi connectivity index (χ0v) is 20.7. The van der Waals surface area contributed by atoms with E-state index in [-0.39, 0.29) is 23.2 Å². The molecule has 0 aromatic heterocycles. The van der Waals surface area contributed by atoms with Crippen molar-refractivity contribution >= 4 is 23.4 Å². The average molecular weight is 475 g/mol.